The number of carbonyl (C=O) groups excluding carboxylic acids is 1. The van der Waals surface area contributed by atoms with Gasteiger partial charge in [-0.3, -0.25) is 4.79 Å². The van der Waals surface area contributed by atoms with E-state index in [0.717, 1.165) is 0 Å². The summed E-state index contributed by atoms with van der Waals surface area (Å²) in [5.41, 5.74) is 2.74. The highest BCUT2D eigenvalue weighted by Crippen LogP contribution is 2.19. The third-order valence-corrected chi connectivity index (χ3v) is 3.15. The zero-order valence-corrected chi connectivity index (χ0v) is 12.7. The monoisotopic (exact) mass is 300 g/mol. The molecule has 112 valence electrons. The van der Waals surface area contributed by atoms with E-state index < -0.39 is 0 Å². The van der Waals surface area contributed by atoms with Crippen molar-refractivity contribution in [3.63, 3.8) is 0 Å². The van der Waals surface area contributed by atoms with Gasteiger partial charge in [0.05, 0.1) is 23.2 Å². The minimum Gasteiger partial charge on any atom is -0.380 e. The number of nitrogen functional groups attached to an aromatic ring is 1. The number of rotatable bonds is 7. The molecular formula is C13H21ClN4O2. The number of nitrogens with zero attached hydrogens (tertiary/aromatic N) is 1. The van der Waals surface area contributed by atoms with Gasteiger partial charge in [-0.25, -0.2) is 10.8 Å². The standard InChI is InChI=1S/C13H21ClN4O2/c1-4-20-7-11(8(2)3)17-13(19)9-5-10(14)12(18-15)16-6-9/h5-6,8,11H,4,7,15H2,1-3H3,(H,16,18)(H,17,19). The number of nitrogens with two attached hydrogens (primary N) is 1. The lowest BCUT2D eigenvalue weighted by molar-refractivity contribution is 0.0806. The first-order valence-corrected chi connectivity index (χ1v) is 6.88. The highest BCUT2D eigenvalue weighted by molar-refractivity contribution is 6.33. The maximum Gasteiger partial charge on any atom is 0.253 e. The second kappa shape index (κ2) is 8.04. The van der Waals surface area contributed by atoms with Crippen LogP contribution in [0.2, 0.25) is 5.02 Å². The van der Waals surface area contributed by atoms with E-state index >= 15 is 0 Å². The summed E-state index contributed by atoms with van der Waals surface area (Å²) in [6, 6.07) is 1.46. The van der Waals surface area contributed by atoms with E-state index in [0.29, 0.717) is 29.6 Å². The first-order chi connectivity index (χ1) is 9.49. The van der Waals surface area contributed by atoms with Crippen LogP contribution in [0.5, 0.6) is 0 Å². The Hall–Kier alpha value is -1.37. The second-order valence-corrected chi connectivity index (χ2v) is 5.09. The fourth-order valence-corrected chi connectivity index (χ4v) is 1.79. The summed E-state index contributed by atoms with van der Waals surface area (Å²) >= 11 is 5.95. The first kappa shape index (κ1) is 16.7. The molecule has 0 saturated heterocycles. The van der Waals surface area contributed by atoms with Gasteiger partial charge in [-0.2, -0.15) is 0 Å². The third-order valence-electron chi connectivity index (χ3n) is 2.86. The molecule has 6 nitrogen and oxygen atoms in total. The Balaban J connectivity index is 2.75. The number of hydrogen-bond donors (Lipinski definition) is 3. The Kier molecular flexibility index (Phi) is 6.70. The maximum atomic E-state index is 12.2. The van der Waals surface area contributed by atoms with Crippen LogP contribution in [0.25, 0.3) is 0 Å². The number of ether oxygens (including phenoxy) is 1. The number of hydrazine groups is 1. The summed E-state index contributed by atoms with van der Waals surface area (Å²) in [5.74, 6) is 5.60. The number of aromatic nitrogens is 1. The number of hydrogen-bond acceptors (Lipinski definition) is 5. The Morgan fingerprint density at radius 3 is 2.75 bits per heavy atom. The van der Waals surface area contributed by atoms with Crippen LogP contribution < -0.4 is 16.6 Å². The predicted molar refractivity (Wildman–Crippen MR) is 79.6 cm³/mol. The topological polar surface area (TPSA) is 89.3 Å². The van der Waals surface area contributed by atoms with Gasteiger partial charge in [0.25, 0.3) is 5.91 Å². The van der Waals surface area contributed by atoms with E-state index in [-0.39, 0.29) is 17.9 Å². The van der Waals surface area contributed by atoms with Crippen molar-refractivity contribution in [1.82, 2.24) is 10.3 Å². The van der Waals surface area contributed by atoms with E-state index in [4.69, 9.17) is 22.2 Å². The molecule has 0 saturated carbocycles. The molecule has 0 fully saturated rings. The summed E-state index contributed by atoms with van der Waals surface area (Å²) in [5, 5.41) is 3.22. The molecule has 4 N–H and O–H groups in total. The average Bonchev–Trinajstić information content (AvgIpc) is 2.42. The molecule has 0 spiro atoms. The Bertz CT molecular complexity index is 454. The molecule has 1 unspecified atom stereocenters. The predicted octanol–water partition coefficient (Wildman–Crippen LogP) is 1.81. The van der Waals surface area contributed by atoms with Gasteiger partial charge >= 0.3 is 0 Å². The van der Waals surface area contributed by atoms with E-state index in [1.807, 2.05) is 20.8 Å². The van der Waals surface area contributed by atoms with E-state index in [1.54, 1.807) is 0 Å². The summed E-state index contributed by atoms with van der Waals surface area (Å²) < 4.78 is 5.37. The number of anilines is 1. The van der Waals surface area contributed by atoms with E-state index in [9.17, 15) is 4.79 Å². The first-order valence-electron chi connectivity index (χ1n) is 6.50. The van der Waals surface area contributed by atoms with Crippen LogP contribution in [0.3, 0.4) is 0 Å². The Labute approximate surface area is 124 Å². The minimum absolute atomic E-state index is 0.0615. The van der Waals surface area contributed by atoms with E-state index in [1.165, 1.54) is 12.3 Å². The number of halogens is 1. The molecular weight excluding hydrogens is 280 g/mol. The van der Waals surface area contributed by atoms with Crippen molar-refractivity contribution < 1.29 is 9.53 Å². The van der Waals surface area contributed by atoms with Crippen LogP contribution in [-0.2, 0) is 4.74 Å². The average molecular weight is 301 g/mol. The van der Waals surface area contributed by atoms with Gasteiger partial charge in [-0.05, 0) is 18.9 Å². The van der Waals surface area contributed by atoms with Gasteiger partial charge in [0.15, 0.2) is 5.82 Å². The van der Waals surface area contributed by atoms with Crippen LogP contribution >= 0.6 is 11.6 Å². The SMILES string of the molecule is CCOCC(NC(=O)c1cnc(NN)c(Cl)c1)C(C)C. The molecule has 7 heteroatoms. The molecule has 0 aromatic carbocycles. The van der Waals surface area contributed by atoms with Crippen molar-refractivity contribution in [2.45, 2.75) is 26.8 Å². The molecule has 1 rings (SSSR count). The molecule has 0 radical (unpaired) electrons. The number of nitrogens with one attached hydrogen (secondary N) is 2. The van der Waals surface area contributed by atoms with Gasteiger partial charge < -0.3 is 15.5 Å². The number of pyridine rings is 1. The van der Waals surface area contributed by atoms with Crippen molar-refractivity contribution in [1.29, 1.82) is 0 Å². The fraction of sp³-hybridized carbons (Fsp3) is 0.538. The lowest BCUT2D eigenvalue weighted by atomic mass is 10.0. The summed E-state index contributed by atoms with van der Waals surface area (Å²) in [7, 11) is 0. The summed E-state index contributed by atoms with van der Waals surface area (Å²) in [4.78, 5) is 16.1. The molecule has 1 atom stereocenters. The molecule has 20 heavy (non-hydrogen) atoms. The molecule has 0 aliphatic carbocycles. The van der Waals surface area contributed by atoms with Crippen LogP contribution in [0.4, 0.5) is 5.82 Å². The molecule has 1 aromatic rings. The molecule has 0 aliphatic rings. The maximum absolute atomic E-state index is 12.2. The number of carbonyl (C=O) groups is 1. The highest BCUT2D eigenvalue weighted by Gasteiger charge is 2.18. The van der Waals surface area contributed by atoms with Gasteiger partial charge in [0, 0.05) is 12.8 Å². The fourth-order valence-electron chi connectivity index (χ4n) is 1.57. The van der Waals surface area contributed by atoms with Crippen LogP contribution in [0.1, 0.15) is 31.1 Å². The van der Waals surface area contributed by atoms with Gasteiger partial charge in [0.2, 0.25) is 0 Å². The molecule has 0 bridgehead atoms. The molecule has 1 heterocycles. The van der Waals surface area contributed by atoms with Gasteiger partial charge in [-0.1, -0.05) is 25.4 Å². The smallest absolute Gasteiger partial charge is 0.253 e. The van der Waals surface area contributed by atoms with Crippen molar-refractivity contribution in [2.75, 3.05) is 18.6 Å². The lowest BCUT2D eigenvalue weighted by Crippen LogP contribution is -2.42. The van der Waals surface area contributed by atoms with Crippen LogP contribution in [-0.4, -0.2) is 30.1 Å². The largest absolute Gasteiger partial charge is 0.380 e. The molecule has 1 amide bonds. The zero-order valence-electron chi connectivity index (χ0n) is 11.9. The molecule has 0 aliphatic heterocycles. The van der Waals surface area contributed by atoms with Crippen molar-refractivity contribution in [3.8, 4) is 0 Å². The minimum atomic E-state index is -0.235. The Morgan fingerprint density at radius 1 is 1.55 bits per heavy atom. The zero-order chi connectivity index (χ0) is 15.1. The van der Waals surface area contributed by atoms with Crippen molar-refractivity contribution >= 4 is 23.3 Å². The second-order valence-electron chi connectivity index (χ2n) is 4.68. The summed E-state index contributed by atoms with van der Waals surface area (Å²) in [6.07, 6.45) is 1.43. The highest BCUT2D eigenvalue weighted by atomic mass is 35.5. The number of amides is 1. The van der Waals surface area contributed by atoms with Crippen molar-refractivity contribution in [2.24, 2.45) is 11.8 Å². The quantitative estimate of drug-likeness (QED) is 0.528. The normalized spacial score (nSPS) is 12.3. The van der Waals surface area contributed by atoms with E-state index in [2.05, 4.69) is 15.7 Å². The van der Waals surface area contributed by atoms with Gasteiger partial charge in [0.1, 0.15) is 0 Å². The molecule has 1 aromatic heterocycles. The van der Waals surface area contributed by atoms with Crippen molar-refractivity contribution in [3.05, 3.63) is 22.8 Å². The van der Waals surface area contributed by atoms with Crippen LogP contribution in [0, 0.1) is 5.92 Å². The Morgan fingerprint density at radius 2 is 2.25 bits per heavy atom. The summed E-state index contributed by atoms with van der Waals surface area (Å²) in [6.45, 7) is 7.06. The third kappa shape index (κ3) is 4.63. The van der Waals surface area contributed by atoms with Crippen LogP contribution in [0.15, 0.2) is 12.3 Å². The lowest BCUT2D eigenvalue weighted by Gasteiger charge is -2.22. The van der Waals surface area contributed by atoms with Gasteiger partial charge in [-0.15, -0.1) is 0 Å².